The van der Waals surface area contributed by atoms with Crippen molar-refractivity contribution in [1.29, 1.82) is 0 Å². The first kappa shape index (κ1) is 9.57. The molecule has 2 nitrogen and oxygen atoms in total. The molecule has 0 heterocycles. The van der Waals surface area contributed by atoms with Crippen molar-refractivity contribution in [1.82, 2.24) is 0 Å². The van der Waals surface area contributed by atoms with E-state index in [1.807, 2.05) is 0 Å². The summed E-state index contributed by atoms with van der Waals surface area (Å²) in [6, 6.07) is 3.63. The van der Waals surface area contributed by atoms with Crippen LogP contribution in [0.25, 0.3) is 0 Å². The zero-order valence-electron chi connectivity index (χ0n) is 6.28. The van der Waals surface area contributed by atoms with Crippen LogP contribution in [0.15, 0.2) is 23.1 Å². The highest BCUT2D eigenvalue weighted by atomic mass is 32.8. The van der Waals surface area contributed by atoms with Crippen LogP contribution in [0, 0.1) is 12.7 Å². The largest absolute Gasteiger partial charge is 0.302 e. The lowest BCUT2D eigenvalue weighted by Gasteiger charge is -2.01. The van der Waals surface area contributed by atoms with Crippen molar-refractivity contribution in [2.45, 2.75) is 11.8 Å². The maximum atomic E-state index is 12.7. The molecule has 0 amide bonds. The van der Waals surface area contributed by atoms with E-state index in [1.165, 1.54) is 19.1 Å². The van der Waals surface area contributed by atoms with Gasteiger partial charge in [-0.05, 0) is 30.7 Å². The molecule has 0 radical (unpaired) electrons. The number of aryl methyl sites for hydroxylation is 1. The molecule has 12 heavy (non-hydrogen) atoms. The summed E-state index contributed by atoms with van der Waals surface area (Å²) in [6.45, 7) is 1.51. The molecule has 0 spiro atoms. The van der Waals surface area contributed by atoms with Crippen molar-refractivity contribution >= 4 is 20.0 Å². The SMILES string of the molecule is Cc1cc(S(=O)(O)=S)ccc1F. The van der Waals surface area contributed by atoms with Crippen LogP contribution >= 0.6 is 0 Å². The summed E-state index contributed by atoms with van der Waals surface area (Å²) >= 11 is 4.32. The Bertz CT molecular complexity index is 398. The van der Waals surface area contributed by atoms with Crippen molar-refractivity contribution in [2.75, 3.05) is 0 Å². The molecule has 0 aliphatic heterocycles. The lowest BCUT2D eigenvalue weighted by Crippen LogP contribution is -1.97. The van der Waals surface area contributed by atoms with E-state index in [-0.39, 0.29) is 4.90 Å². The third-order valence-electron chi connectivity index (χ3n) is 1.43. The summed E-state index contributed by atoms with van der Waals surface area (Å²) in [5.74, 6) is -0.405. The van der Waals surface area contributed by atoms with Gasteiger partial charge in [-0.1, -0.05) is 0 Å². The second-order valence-corrected chi connectivity index (χ2v) is 5.16. The first-order chi connectivity index (χ1) is 5.41. The van der Waals surface area contributed by atoms with Crippen molar-refractivity contribution in [3.8, 4) is 0 Å². The summed E-state index contributed by atoms with van der Waals surface area (Å²) in [5, 5.41) is 0. The molecule has 1 N–H and O–H groups in total. The molecule has 0 fully saturated rings. The van der Waals surface area contributed by atoms with E-state index in [2.05, 4.69) is 11.2 Å². The molecule has 1 aromatic carbocycles. The van der Waals surface area contributed by atoms with Crippen molar-refractivity contribution < 1.29 is 13.2 Å². The van der Waals surface area contributed by atoms with Crippen LogP contribution in [0.1, 0.15) is 5.56 Å². The summed E-state index contributed by atoms with van der Waals surface area (Å²) in [5.41, 5.74) is 0.319. The van der Waals surface area contributed by atoms with Crippen LogP contribution in [-0.4, -0.2) is 8.76 Å². The molecular formula is C7H7FO2S2. The maximum Gasteiger partial charge on any atom is 0.171 e. The molecule has 1 atom stereocenters. The van der Waals surface area contributed by atoms with E-state index in [1.54, 1.807) is 0 Å². The minimum atomic E-state index is -3.38. The standard InChI is InChI=1S/C7H7FO2S2/c1-5-4-6(12(9,10)11)2-3-7(5)8/h2-4H,1H3,(H,9,10,11). The molecule has 1 unspecified atom stereocenters. The van der Waals surface area contributed by atoms with Crippen LogP contribution < -0.4 is 0 Å². The van der Waals surface area contributed by atoms with Gasteiger partial charge in [-0.3, -0.25) is 0 Å². The van der Waals surface area contributed by atoms with Gasteiger partial charge in [0.2, 0.25) is 0 Å². The van der Waals surface area contributed by atoms with Crippen molar-refractivity contribution in [3.05, 3.63) is 29.6 Å². The summed E-state index contributed by atoms with van der Waals surface area (Å²) in [6.07, 6.45) is 0. The molecule has 1 rings (SSSR count). The Kier molecular flexibility index (Phi) is 2.46. The zero-order valence-corrected chi connectivity index (χ0v) is 7.91. The first-order valence-corrected chi connectivity index (χ1v) is 5.59. The molecular weight excluding hydrogens is 199 g/mol. The highest BCUT2D eigenvalue weighted by molar-refractivity contribution is 8.29. The van der Waals surface area contributed by atoms with Gasteiger partial charge in [-0.25, -0.2) is 8.60 Å². The molecule has 0 aromatic heterocycles. The third kappa shape index (κ3) is 2.00. The Morgan fingerprint density at radius 1 is 1.58 bits per heavy atom. The van der Waals surface area contributed by atoms with E-state index in [4.69, 9.17) is 4.55 Å². The maximum absolute atomic E-state index is 12.7. The molecule has 0 bridgehead atoms. The summed E-state index contributed by atoms with van der Waals surface area (Å²) in [4.78, 5) is 0.0800. The van der Waals surface area contributed by atoms with Gasteiger partial charge in [-0.2, -0.15) is 0 Å². The van der Waals surface area contributed by atoms with E-state index in [0.717, 1.165) is 6.07 Å². The van der Waals surface area contributed by atoms with Crippen LogP contribution in [0.4, 0.5) is 4.39 Å². The van der Waals surface area contributed by atoms with Gasteiger partial charge in [0.25, 0.3) is 0 Å². The second kappa shape index (κ2) is 3.08. The summed E-state index contributed by atoms with van der Waals surface area (Å²) in [7, 11) is -3.38. The van der Waals surface area contributed by atoms with Gasteiger partial charge in [0.15, 0.2) is 8.77 Å². The fourth-order valence-corrected chi connectivity index (χ4v) is 1.65. The Labute approximate surface area is 74.9 Å². The predicted octanol–water partition coefficient (Wildman–Crippen LogP) is 1.71. The number of hydrogen-bond acceptors (Lipinski definition) is 2. The Balaban J connectivity index is 3.33. The van der Waals surface area contributed by atoms with Gasteiger partial charge < -0.3 is 4.55 Å². The molecule has 0 saturated heterocycles. The average Bonchev–Trinajstić information content (AvgIpc) is 1.92. The summed E-state index contributed by atoms with van der Waals surface area (Å²) < 4.78 is 32.5. The van der Waals surface area contributed by atoms with Crippen LogP contribution in [0.3, 0.4) is 0 Å². The number of hydrogen-bond donors (Lipinski definition) is 1. The number of benzene rings is 1. The lowest BCUT2D eigenvalue weighted by molar-refractivity contribution is 0.560. The number of rotatable bonds is 1. The van der Waals surface area contributed by atoms with Gasteiger partial charge in [0.05, 0.1) is 4.90 Å². The van der Waals surface area contributed by atoms with Crippen molar-refractivity contribution in [2.24, 2.45) is 0 Å². The van der Waals surface area contributed by atoms with E-state index in [9.17, 15) is 8.60 Å². The molecule has 0 saturated carbocycles. The number of halogens is 1. The molecule has 0 aliphatic carbocycles. The Morgan fingerprint density at radius 2 is 2.17 bits per heavy atom. The minimum Gasteiger partial charge on any atom is -0.302 e. The third-order valence-corrected chi connectivity index (χ3v) is 2.85. The van der Waals surface area contributed by atoms with E-state index < -0.39 is 14.6 Å². The second-order valence-electron chi connectivity index (χ2n) is 2.39. The Morgan fingerprint density at radius 3 is 2.58 bits per heavy atom. The van der Waals surface area contributed by atoms with Gasteiger partial charge in [0, 0.05) is 11.2 Å². The quantitative estimate of drug-likeness (QED) is 0.760. The van der Waals surface area contributed by atoms with E-state index in [0.29, 0.717) is 5.56 Å². The average molecular weight is 206 g/mol. The fourth-order valence-electron chi connectivity index (χ4n) is 0.778. The molecule has 66 valence electrons. The first-order valence-electron chi connectivity index (χ1n) is 3.15. The van der Waals surface area contributed by atoms with Gasteiger partial charge in [-0.15, -0.1) is 0 Å². The normalized spacial score (nSPS) is 15.6. The van der Waals surface area contributed by atoms with Crippen LogP contribution in [-0.2, 0) is 20.0 Å². The highest BCUT2D eigenvalue weighted by Gasteiger charge is 2.06. The zero-order chi connectivity index (χ0) is 9.35. The Hall–Kier alpha value is -0.520. The van der Waals surface area contributed by atoms with E-state index >= 15 is 0 Å². The molecule has 5 heteroatoms. The predicted molar refractivity (Wildman–Crippen MR) is 47.5 cm³/mol. The monoisotopic (exact) mass is 206 g/mol. The van der Waals surface area contributed by atoms with Gasteiger partial charge in [0.1, 0.15) is 5.82 Å². The van der Waals surface area contributed by atoms with Crippen LogP contribution in [0.5, 0.6) is 0 Å². The lowest BCUT2D eigenvalue weighted by atomic mass is 10.2. The molecule has 1 aromatic rings. The van der Waals surface area contributed by atoms with Crippen LogP contribution in [0.2, 0.25) is 0 Å². The van der Waals surface area contributed by atoms with Gasteiger partial charge >= 0.3 is 0 Å². The topological polar surface area (TPSA) is 37.3 Å². The minimum absolute atomic E-state index is 0.0800. The van der Waals surface area contributed by atoms with Crippen molar-refractivity contribution in [3.63, 3.8) is 0 Å². The molecule has 0 aliphatic rings. The fraction of sp³-hybridized carbons (Fsp3) is 0.143. The highest BCUT2D eigenvalue weighted by Crippen LogP contribution is 2.13. The smallest absolute Gasteiger partial charge is 0.171 e.